The van der Waals surface area contributed by atoms with E-state index in [1.54, 1.807) is 24.4 Å². The maximum atomic E-state index is 13.4. The molecule has 0 spiro atoms. The Balaban J connectivity index is 2.10. The standard InChI is InChI=1S/C15H10ClFN2/c16-12-3-1-2-4-15(12)19-14-7-8-18-13-6-5-10(17)9-11(13)14/h1-9H,(H,18,19). The predicted octanol–water partition coefficient (Wildman–Crippen LogP) is 4.77. The molecule has 0 unspecified atom stereocenters. The van der Waals surface area contributed by atoms with Crippen LogP contribution in [0.5, 0.6) is 0 Å². The molecule has 0 bridgehead atoms. The number of fused-ring (bicyclic) bond motifs is 1. The van der Waals surface area contributed by atoms with Crippen LogP contribution in [0.2, 0.25) is 5.02 Å². The highest BCUT2D eigenvalue weighted by molar-refractivity contribution is 6.33. The van der Waals surface area contributed by atoms with Crippen LogP contribution in [0.25, 0.3) is 10.9 Å². The van der Waals surface area contributed by atoms with Crippen molar-refractivity contribution in [3.8, 4) is 0 Å². The average molecular weight is 273 g/mol. The first-order valence-corrected chi connectivity index (χ1v) is 6.18. The number of pyridine rings is 1. The minimum Gasteiger partial charge on any atom is -0.354 e. The van der Waals surface area contributed by atoms with Crippen molar-refractivity contribution in [3.05, 3.63) is 65.6 Å². The van der Waals surface area contributed by atoms with Crippen LogP contribution in [0, 0.1) is 5.82 Å². The fraction of sp³-hybridized carbons (Fsp3) is 0. The zero-order valence-corrected chi connectivity index (χ0v) is 10.7. The molecule has 1 N–H and O–H groups in total. The molecule has 0 saturated carbocycles. The van der Waals surface area contributed by atoms with Gasteiger partial charge in [0.15, 0.2) is 0 Å². The third-order valence-corrected chi connectivity index (χ3v) is 3.18. The second-order valence-electron chi connectivity index (χ2n) is 4.12. The number of benzene rings is 2. The molecular weight excluding hydrogens is 263 g/mol. The number of hydrogen-bond donors (Lipinski definition) is 1. The molecule has 0 radical (unpaired) electrons. The number of nitrogens with zero attached hydrogens (tertiary/aromatic N) is 1. The normalized spacial score (nSPS) is 10.6. The summed E-state index contributed by atoms with van der Waals surface area (Å²) in [6.45, 7) is 0. The quantitative estimate of drug-likeness (QED) is 0.727. The Kier molecular flexibility index (Phi) is 3.05. The van der Waals surface area contributed by atoms with Crippen LogP contribution < -0.4 is 5.32 Å². The zero-order chi connectivity index (χ0) is 13.2. The summed E-state index contributed by atoms with van der Waals surface area (Å²) in [5, 5.41) is 4.54. The molecule has 0 amide bonds. The van der Waals surface area contributed by atoms with Crippen molar-refractivity contribution in [2.24, 2.45) is 0 Å². The molecule has 1 aromatic heterocycles. The van der Waals surface area contributed by atoms with Crippen LogP contribution in [0.4, 0.5) is 15.8 Å². The van der Waals surface area contributed by atoms with Gasteiger partial charge in [0.1, 0.15) is 5.82 Å². The van der Waals surface area contributed by atoms with Gasteiger partial charge >= 0.3 is 0 Å². The predicted molar refractivity (Wildman–Crippen MR) is 76.4 cm³/mol. The molecule has 4 heteroatoms. The molecule has 0 aliphatic carbocycles. The van der Waals surface area contributed by atoms with E-state index in [0.717, 1.165) is 22.3 Å². The molecule has 2 aromatic carbocycles. The Morgan fingerprint density at radius 2 is 1.84 bits per heavy atom. The van der Waals surface area contributed by atoms with Gasteiger partial charge in [0.05, 0.1) is 16.2 Å². The molecule has 2 nitrogen and oxygen atoms in total. The summed E-state index contributed by atoms with van der Waals surface area (Å²) in [5.74, 6) is -0.289. The van der Waals surface area contributed by atoms with Gasteiger partial charge in [-0.25, -0.2) is 4.39 Å². The molecular formula is C15H10ClFN2. The summed E-state index contributed by atoms with van der Waals surface area (Å²) in [4.78, 5) is 4.21. The third kappa shape index (κ3) is 2.37. The largest absolute Gasteiger partial charge is 0.354 e. The van der Waals surface area contributed by atoms with E-state index < -0.39 is 0 Å². The van der Waals surface area contributed by atoms with Crippen LogP contribution in [-0.2, 0) is 0 Å². The Hall–Kier alpha value is -2.13. The lowest BCUT2D eigenvalue weighted by atomic mass is 10.1. The van der Waals surface area contributed by atoms with Crippen molar-refractivity contribution in [2.45, 2.75) is 0 Å². The minimum atomic E-state index is -0.289. The monoisotopic (exact) mass is 272 g/mol. The molecule has 3 aromatic rings. The van der Waals surface area contributed by atoms with Crippen LogP contribution in [0.1, 0.15) is 0 Å². The number of aromatic nitrogens is 1. The molecule has 0 atom stereocenters. The van der Waals surface area contributed by atoms with Crippen LogP contribution >= 0.6 is 11.6 Å². The molecule has 0 aliphatic rings. The Bertz CT molecular complexity index is 743. The van der Waals surface area contributed by atoms with E-state index in [9.17, 15) is 4.39 Å². The highest BCUT2D eigenvalue weighted by Crippen LogP contribution is 2.29. The van der Waals surface area contributed by atoms with Crippen LogP contribution in [-0.4, -0.2) is 4.98 Å². The SMILES string of the molecule is Fc1ccc2nccc(Nc3ccccc3Cl)c2c1. The number of hydrogen-bond acceptors (Lipinski definition) is 2. The van der Waals surface area contributed by atoms with Crippen molar-refractivity contribution in [1.29, 1.82) is 0 Å². The van der Waals surface area contributed by atoms with E-state index in [4.69, 9.17) is 11.6 Å². The first-order valence-electron chi connectivity index (χ1n) is 5.80. The van der Waals surface area contributed by atoms with Gasteiger partial charge in [0.25, 0.3) is 0 Å². The lowest BCUT2D eigenvalue weighted by molar-refractivity contribution is 0.629. The Morgan fingerprint density at radius 1 is 1.00 bits per heavy atom. The summed E-state index contributed by atoms with van der Waals surface area (Å²) >= 11 is 6.10. The molecule has 1 heterocycles. The van der Waals surface area contributed by atoms with E-state index in [1.165, 1.54) is 12.1 Å². The molecule has 0 saturated heterocycles. The summed E-state index contributed by atoms with van der Waals surface area (Å²) in [5.41, 5.74) is 2.29. The number of nitrogens with one attached hydrogen (secondary N) is 1. The van der Waals surface area contributed by atoms with E-state index >= 15 is 0 Å². The Labute approximate surface area is 114 Å². The van der Waals surface area contributed by atoms with E-state index in [0.29, 0.717) is 5.02 Å². The van der Waals surface area contributed by atoms with E-state index in [-0.39, 0.29) is 5.82 Å². The van der Waals surface area contributed by atoms with Crippen LogP contribution in [0.15, 0.2) is 54.7 Å². The first kappa shape index (κ1) is 11.9. The van der Waals surface area contributed by atoms with Gasteiger partial charge in [0.2, 0.25) is 0 Å². The van der Waals surface area contributed by atoms with Gasteiger partial charge in [-0.1, -0.05) is 23.7 Å². The van der Waals surface area contributed by atoms with Gasteiger partial charge in [-0.3, -0.25) is 4.98 Å². The Morgan fingerprint density at radius 3 is 2.68 bits per heavy atom. The van der Waals surface area contributed by atoms with Gasteiger partial charge < -0.3 is 5.32 Å². The van der Waals surface area contributed by atoms with Crippen molar-refractivity contribution >= 4 is 33.9 Å². The second kappa shape index (κ2) is 4.86. The van der Waals surface area contributed by atoms with Crippen molar-refractivity contribution in [1.82, 2.24) is 4.98 Å². The lowest BCUT2D eigenvalue weighted by Gasteiger charge is -2.10. The van der Waals surface area contributed by atoms with Crippen LogP contribution in [0.3, 0.4) is 0 Å². The number of rotatable bonds is 2. The van der Waals surface area contributed by atoms with Gasteiger partial charge in [-0.15, -0.1) is 0 Å². The summed E-state index contributed by atoms with van der Waals surface area (Å²) in [7, 11) is 0. The van der Waals surface area contributed by atoms with E-state index in [1.807, 2.05) is 18.2 Å². The maximum Gasteiger partial charge on any atom is 0.124 e. The fourth-order valence-corrected chi connectivity index (χ4v) is 2.12. The topological polar surface area (TPSA) is 24.9 Å². The van der Waals surface area contributed by atoms with E-state index in [2.05, 4.69) is 10.3 Å². The van der Waals surface area contributed by atoms with Crippen molar-refractivity contribution in [3.63, 3.8) is 0 Å². The van der Waals surface area contributed by atoms with Crippen molar-refractivity contribution < 1.29 is 4.39 Å². The molecule has 19 heavy (non-hydrogen) atoms. The number of halogens is 2. The number of anilines is 2. The molecule has 94 valence electrons. The molecule has 0 fully saturated rings. The number of para-hydroxylation sites is 1. The van der Waals surface area contributed by atoms with Gasteiger partial charge in [0, 0.05) is 17.3 Å². The second-order valence-corrected chi connectivity index (χ2v) is 4.53. The fourth-order valence-electron chi connectivity index (χ4n) is 1.94. The smallest absolute Gasteiger partial charge is 0.124 e. The highest BCUT2D eigenvalue weighted by Gasteiger charge is 2.05. The summed E-state index contributed by atoms with van der Waals surface area (Å²) < 4.78 is 13.4. The zero-order valence-electron chi connectivity index (χ0n) is 9.90. The maximum absolute atomic E-state index is 13.4. The third-order valence-electron chi connectivity index (χ3n) is 2.85. The molecule has 3 rings (SSSR count). The highest BCUT2D eigenvalue weighted by atomic mass is 35.5. The lowest BCUT2D eigenvalue weighted by Crippen LogP contribution is -1.93. The first-order chi connectivity index (χ1) is 9.24. The molecule has 0 aliphatic heterocycles. The average Bonchev–Trinajstić information content (AvgIpc) is 2.42. The van der Waals surface area contributed by atoms with Gasteiger partial charge in [-0.2, -0.15) is 0 Å². The summed E-state index contributed by atoms with van der Waals surface area (Å²) in [6, 6.07) is 13.7. The van der Waals surface area contributed by atoms with Crippen molar-refractivity contribution in [2.75, 3.05) is 5.32 Å². The summed E-state index contributed by atoms with van der Waals surface area (Å²) in [6.07, 6.45) is 1.68. The van der Waals surface area contributed by atoms with Gasteiger partial charge in [-0.05, 0) is 36.4 Å². The minimum absolute atomic E-state index is 0.289.